The van der Waals surface area contributed by atoms with Crippen LogP contribution in [0.4, 0.5) is 5.82 Å². The molecule has 0 aliphatic rings. The summed E-state index contributed by atoms with van der Waals surface area (Å²) in [5, 5.41) is 2.21. The topological polar surface area (TPSA) is 25.4 Å². The molecule has 0 aliphatic carbocycles. The van der Waals surface area contributed by atoms with E-state index in [-0.39, 0.29) is 0 Å². The molecule has 2 rings (SSSR count). The molecule has 1 aromatic heterocycles. The maximum atomic E-state index is 5.94. The SMILES string of the molecule is CCCCN(CCCl)c1nccc2c(OC)cccc12. The summed E-state index contributed by atoms with van der Waals surface area (Å²) in [5.74, 6) is 2.48. The van der Waals surface area contributed by atoms with Crippen LogP contribution in [0, 0.1) is 0 Å². The highest BCUT2D eigenvalue weighted by Gasteiger charge is 2.12. The van der Waals surface area contributed by atoms with Crippen LogP contribution in [-0.2, 0) is 0 Å². The lowest BCUT2D eigenvalue weighted by molar-refractivity contribution is 0.420. The first-order chi connectivity index (χ1) is 9.81. The van der Waals surface area contributed by atoms with Crippen LogP contribution >= 0.6 is 11.6 Å². The van der Waals surface area contributed by atoms with Crippen LogP contribution in [0.2, 0.25) is 0 Å². The number of ether oxygens (including phenoxy) is 1. The van der Waals surface area contributed by atoms with Crippen LogP contribution in [0.5, 0.6) is 5.75 Å². The fourth-order valence-electron chi connectivity index (χ4n) is 2.37. The highest BCUT2D eigenvalue weighted by Crippen LogP contribution is 2.31. The van der Waals surface area contributed by atoms with Gasteiger partial charge < -0.3 is 9.64 Å². The van der Waals surface area contributed by atoms with Gasteiger partial charge in [-0.25, -0.2) is 4.98 Å². The molecule has 0 fully saturated rings. The third kappa shape index (κ3) is 3.15. The van der Waals surface area contributed by atoms with Gasteiger partial charge in [-0.15, -0.1) is 11.6 Å². The normalized spacial score (nSPS) is 10.8. The van der Waals surface area contributed by atoms with E-state index in [0.717, 1.165) is 48.3 Å². The van der Waals surface area contributed by atoms with Crippen molar-refractivity contribution in [1.29, 1.82) is 0 Å². The Morgan fingerprint density at radius 2 is 2.05 bits per heavy atom. The van der Waals surface area contributed by atoms with Crippen LogP contribution in [-0.4, -0.2) is 31.1 Å². The number of methoxy groups -OCH3 is 1. The predicted molar refractivity (Wildman–Crippen MR) is 86.1 cm³/mol. The second-order valence-electron chi connectivity index (χ2n) is 4.72. The van der Waals surface area contributed by atoms with E-state index in [1.54, 1.807) is 7.11 Å². The lowest BCUT2D eigenvalue weighted by Gasteiger charge is -2.24. The van der Waals surface area contributed by atoms with Crippen molar-refractivity contribution in [3.8, 4) is 5.75 Å². The highest BCUT2D eigenvalue weighted by molar-refractivity contribution is 6.18. The molecule has 1 aromatic carbocycles. The van der Waals surface area contributed by atoms with E-state index in [1.165, 1.54) is 0 Å². The van der Waals surface area contributed by atoms with Crippen molar-refractivity contribution in [2.75, 3.05) is 31.0 Å². The Labute approximate surface area is 125 Å². The first kappa shape index (κ1) is 14.9. The number of pyridine rings is 1. The smallest absolute Gasteiger partial charge is 0.136 e. The van der Waals surface area contributed by atoms with Crippen molar-refractivity contribution in [3.05, 3.63) is 30.5 Å². The van der Waals surface area contributed by atoms with Gasteiger partial charge in [-0.1, -0.05) is 25.5 Å². The van der Waals surface area contributed by atoms with Gasteiger partial charge >= 0.3 is 0 Å². The van der Waals surface area contributed by atoms with Crippen LogP contribution in [0.3, 0.4) is 0 Å². The Bertz CT molecular complexity index is 559. The highest BCUT2D eigenvalue weighted by atomic mass is 35.5. The van der Waals surface area contributed by atoms with Crippen molar-refractivity contribution < 1.29 is 4.74 Å². The summed E-state index contributed by atoms with van der Waals surface area (Å²) in [6.45, 7) is 3.98. The monoisotopic (exact) mass is 292 g/mol. The van der Waals surface area contributed by atoms with Gasteiger partial charge in [0.25, 0.3) is 0 Å². The summed E-state index contributed by atoms with van der Waals surface area (Å²) in [4.78, 5) is 6.83. The molecule has 0 spiro atoms. The Hall–Kier alpha value is -1.48. The lowest BCUT2D eigenvalue weighted by Crippen LogP contribution is -2.27. The van der Waals surface area contributed by atoms with Gasteiger partial charge in [0.05, 0.1) is 7.11 Å². The molecule has 0 saturated heterocycles. The van der Waals surface area contributed by atoms with E-state index < -0.39 is 0 Å². The van der Waals surface area contributed by atoms with Crippen LogP contribution in [0.25, 0.3) is 10.8 Å². The van der Waals surface area contributed by atoms with Crippen molar-refractivity contribution in [2.24, 2.45) is 0 Å². The zero-order valence-corrected chi connectivity index (χ0v) is 12.9. The number of anilines is 1. The van der Waals surface area contributed by atoms with Crippen molar-refractivity contribution >= 4 is 28.2 Å². The molecule has 3 nitrogen and oxygen atoms in total. The van der Waals surface area contributed by atoms with Crippen LogP contribution < -0.4 is 9.64 Å². The number of hydrogen-bond donors (Lipinski definition) is 0. The maximum Gasteiger partial charge on any atom is 0.136 e. The lowest BCUT2D eigenvalue weighted by atomic mass is 10.1. The predicted octanol–water partition coefficient (Wildman–Crippen LogP) is 4.09. The number of unbranched alkanes of at least 4 members (excludes halogenated alkanes) is 1. The fraction of sp³-hybridized carbons (Fsp3) is 0.438. The van der Waals surface area contributed by atoms with Crippen molar-refractivity contribution in [2.45, 2.75) is 19.8 Å². The molecule has 0 aliphatic heterocycles. The molecule has 108 valence electrons. The number of rotatable bonds is 7. The minimum atomic E-state index is 0.603. The van der Waals surface area contributed by atoms with Gasteiger partial charge in [0.15, 0.2) is 0 Å². The third-order valence-electron chi connectivity index (χ3n) is 3.40. The van der Waals surface area contributed by atoms with E-state index in [0.29, 0.717) is 5.88 Å². The second kappa shape index (κ2) is 7.34. The standard InChI is InChI=1S/C16H21ClN2O/c1-3-4-11-19(12-9-17)16-14-6-5-7-15(20-2)13(14)8-10-18-16/h5-8,10H,3-4,9,11-12H2,1-2H3. The zero-order chi connectivity index (χ0) is 14.4. The van der Waals surface area contributed by atoms with Gasteiger partial charge in [-0.05, 0) is 18.6 Å². The summed E-state index contributed by atoms with van der Waals surface area (Å²) in [5.41, 5.74) is 0. The molecular weight excluding hydrogens is 272 g/mol. The number of benzene rings is 1. The minimum absolute atomic E-state index is 0.603. The Balaban J connectivity index is 2.46. The van der Waals surface area contributed by atoms with Gasteiger partial charge in [0.2, 0.25) is 0 Å². The van der Waals surface area contributed by atoms with E-state index >= 15 is 0 Å². The molecule has 1 heterocycles. The van der Waals surface area contributed by atoms with Crippen molar-refractivity contribution in [3.63, 3.8) is 0 Å². The molecule has 20 heavy (non-hydrogen) atoms. The summed E-state index contributed by atoms with van der Waals surface area (Å²) >= 11 is 5.94. The quantitative estimate of drug-likeness (QED) is 0.719. The molecule has 0 saturated carbocycles. The maximum absolute atomic E-state index is 5.94. The first-order valence-corrected chi connectivity index (χ1v) is 7.58. The Morgan fingerprint density at radius 1 is 1.20 bits per heavy atom. The van der Waals surface area contributed by atoms with Crippen molar-refractivity contribution in [1.82, 2.24) is 4.98 Å². The molecule has 4 heteroatoms. The number of fused-ring (bicyclic) bond motifs is 1. The number of halogens is 1. The summed E-state index contributed by atoms with van der Waals surface area (Å²) < 4.78 is 5.43. The van der Waals surface area contributed by atoms with Gasteiger partial charge in [-0.3, -0.25) is 0 Å². The molecule has 2 aromatic rings. The minimum Gasteiger partial charge on any atom is -0.496 e. The molecule has 0 atom stereocenters. The second-order valence-corrected chi connectivity index (χ2v) is 5.10. The zero-order valence-electron chi connectivity index (χ0n) is 12.1. The number of nitrogens with zero attached hydrogens (tertiary/aromatic N) is 2. The van der Waals surface area contributed by atoms with E-state index in [4.69, 9.17) is 16.3 Å². The first-order valence-electron chi connectivity index (χ1n) is 7.04. The average Bonchev–Trinajstić information content (AvgIpc) is 2.50. The van der Waals surface area contributed by atoms with Crippen LogP contribution in [0.1, 0.15) is 19.8 Å². The molecule has 0 radical (unpaired) electrons. The average molecular weight is 293 g/mol. The number of hydrogen-bond acceptors (Lipinski definition) is 3. The molecular formula is C16H21ClN2O. The van der Waals surface area contributed by atoms with E-state index in [1.807, 2.05) is 24.4 Å². The summed E-state index contributed by atoms with van der Waals surface area (Å²) in [7, 11) is 1.70. The molecule has 0 amide bonds. The largest absolute Gasteiger partial charge is 0.496 e. The number of alkyl halides is 1. The molecule has 0 unspecified atom stereocenters. The molecule has 0 N–H and O–H groups in total. The van der Waals surface area contributed by atoms with Crippen LogP contribution in [0.15, 0.2) is 30.5 Å². The van der Waals surface area contributed by atoms with Gasteiger partial charge in [-0.2, -0.15) is 0 Å². The summed E-state index contributed by atoms with van der Waals surface area (Å²) in [6.07, 6.45) is 4.14. The van der Waals surface area contributed by atoms with E-state index in [2.05, 4.69) is 22.9 Å². The van der Waals surface area contributed by atoms with E-state index in [9.17, 15) is 0 Å². The summed E-state index contributed by atoms with van der Waals surface area (Å²) in [6, 6.07) is 8.07. The number of aromatic nitrogens is 1. The molecule has 0 bridgehead atoms. The Morgan fingerprint density at radius 3 is 2.75 bits per heavy atom. The third-order valence-corrected chi connectivity index (χ3v) is 3.57. The fourth-order valence-corrected chi connectivity index (χ4v) is 2.57. The Kier molecular flexibility index (Phi) is 5.48. The van der Waals surface area contributed by atoms with Gasteiger partial charge in [0.1, 0.15) is 11.6 Å². The van der Waals surface area contributed by atoms with Gasteiger partial charge in [0, 0.05) is 35.9 Å².